The Morgan fingerprint density at radius 3 is 2.65 bits per heavy atom. The van der Waals surface area contributed by atoms with E-state index in [2.05, 4.69) is 26.2 Å². The minimum atomic E-state index is -0.401. The summed E-state index contributed by atoms with van der Waals surface area (Å²) in [4.78, 5) is 16.0. The van der Waals surface area contributed by atoms with E-state index in [0.29, 0.717) is 21.3 Å². The number of phenols is 1. The van der Waals surface area contributed by atoms with E-state index in [0.717, 1.165) is 0 Å². The van der Waals surface area contributed by atoms with Crippen molar-refractivity contribution in [2.24, 2.45) is 0 Å². The average molecular weight is 376 g/mol. The van der Waals surface area contributed by atoms with E-state index in [4.69, 9.17) is 23.2 Å². The molecule has 1 heterocycles. The number of benzene rings is 1. The molecule has 0 saturated carbocycles. The summed E-state index contributed by atoms with van der Waals surface area (Å²) < 4.78 is 0.511. The third-order valence-electron chi connectivity index (χ3n) is 2.59. The smallest absolute Gasteiger partial charge is 0.255 e. The van der Waals surface area contributed by atoms with Crippen LogP contribution in [0.2, 0.25) is 10.3 Å². The number of amides is 1. The molecule has 1 amide bonds. The number of carbonyl (C=O) groups is 1. The largest absolute Gasteiger partial charge is 0.507 e. The minimum absolute atomic E-state index is 0.0188. The van der Waals surface area contributed by atoms with Gasteiger partial charge in [-0.3, -0.25) is 4.79 Å². The van der Waals surface area contributed by atoms with Crippen LogP contribution in [0.5, 0.6) is 5.75 Å². The van der Waals surface area contributed by atoms with Gasteiger partial charge >= 0.3 is 0 Å². The zero-order valence-electron chi connectivity index (χ0n) is 10.2. The fourth-order valence-corrected chi connectivity index (χ4v) is 2.41. The van der Waals surface area contributed by atoms with Crippen molar-refractivity contribution in [3.63, 3.8) is 0 Å². The molecule has 0 aliphatic rings. The predicted molar refractivity (Wildman–Crippen MR) is 82.8 cm³/mol. The van der Waals surface area contributed by atoms with Gasteiger partial charge in [-0.15, -0.1) is 0 Å². The van der Waals surface area contributed by atoms with Crippen LogP contribution in [-0.2, 0) is 0 Å². The van der Waals surface area contributed by atoms with Crippen LogP contribution < -0.4 is 5.32 Å². The van der Waals surface area contributed by atoms with E-state index in [1.807, 2.05) is 0 Å². The van der Waals surface area contributed by atoms with Crippen molar-refractivity contribution in [2.45, 2.75) is 6.92 Å². The summed E-state index contributed by atoms with van der Waals surface area (Å²) in [5.74, 6) is -0.420. The van der Waals surface area contributed by atoms with Crippen molar-refractivity contribution in [3.05, 3.63) is 50.2 Å². The molecule has 0 unspecified atom stereocenters. The topological polar surface area (TPSA) is 62.2 Å². The standard InChI is InChI=1S/C13H9BrCl2N2O2/c1-6-4-10(15)17-12(16)11(6)18-13(20)7-2-3-8(14)9(19)5-7/h2-5,19H,1H3,(H,18,20). The Labute approximate surface area is 133 Å². The number of hydrogen-bond acceptors (Lipinski definition) is 3. The van der Waals surface area contributed by atoms with E-state index >= 15 is 0 Å². The summed E-state index contributed by atoms with van der Waals surface area (Å²) in [5.41, 5.74) is 1.39. The van der Waals surface area contributed by atoms with Gasteiger partial charge in [0.15, 0.2) is 5.15 Å². The number of phenolic OH excluding ortho intramolecular Hbond substituents is 1. The number of pyridine rings is 1. The van der Waals surface area contributed by atoms with Gasteiger partial charge in [-0.1, -0.05) is 23.2 Å². The third kappa shape index (κ3) is 3.23. The van der Waals surface area contributed by atoms with E-state index < -0.39 is 5.91 Å². The molecule has 0 bridgehead atoms. The van der Waals surface area contributed by atoms with E-state index in [1.165, 1.54) is 6.07 Å². The quantitative estimate of drug-likeness (QED) is 0.764. The first-order valence-corrected chi connectivity index (χ1v) is 7.06. The van der Waals surface area contributed by atoms with Crippen molar-refractivity contribution in [3.8, 4) is 5.75 Å². The van der Waals surface area contributed by atoms with Gasteiger partial charge in [0.1, 0.15) is 10.9 Å². The molecule has 0 aliphatic carbocycles. The van der Waals surface area contributed by atoms with Crippen LogP contribution in [0.3, 0.4) is 0 Å². The number of aromatic hydroxyl groups is 1. The molecule has 0 fully saturated rings. The molecule has 20 heavy (non-hydrogen) atoms. The molecule has 2 aromatic rings. The maximum absolute atomic E-state index is 12.1. The van der Waals surface area contributed by atoms with Crippen LogP contribution in [0, 0.1) is 6.92 Å². The highest BCUT2D eigenvalue weighted by Gasteiger charge is 2.13. The molecule has 0 spiro atoms. The monoisotopic (exact) mass is 374 g/mol. The third-order valence-corrected chi connectivity index (χ3v) is 3.73. The Bertz CT molecular complexity index is 669. The molecule has 0 radical (unpaired) electrons. The zero-order valence-corrected chi connectivity index (χ0v) is 13.3. The summed E-state index contributed by atoms with van der Waals surface area (Å²) in [6.45, 7) is 1.76. The maximum atomic E-state index is 12.1. The van der Waals surface area contributed by atoms with Crippen LogP contribution in [0.15, 0.2) is 28.7 Å². The van der Waals surface area contributed by atoms with Gasteiger partial charge in [0.25, 0.3) is 5.91 Å². The van der Waals surface area contributed by atoms with Crippen LogP contribution in [0.1, 0.15) is 15.9 Å². The highest BCUT2D eigenvalue weighted by molar-refractivity contribution is 9.10. The summed E-state index contributed by atoms with van der Waals surface area (Å²) in [6, 6.07) is 6.11. The molecular formula is C13H9BrCl2N2O2. The van der Waals surface area contributed by atoms with Crippen molar-refractivity contribution in [1.82, 2.24) is 4.98 Å². The van der Waals surface area contributed by atoms with Crippen LogP contribution in [0.25, 0.3) is 0 Å². The Morgan fingerprint density at radius 2 is 2.05 bits per heavy atom. The molecule has 4 nitrogen and oxygen atoms in total. The van der Waals surface area contributed by atoms with Crippen molar-refractivity contribution in [2.75, 3.05) is 5.32 Å². The Morgan fingerprint density at radius 1 is 1.35 bits per heavy atom. The van der Waals surface area contributed by atoms with Gasteiger partial charge in [-0.2, -0.15) is 0 Å². The lowest BCUT2D eigenvalue weighted by molar-refractivity contribution is 0.102. The number of aromatic nitrogens is 1. The summed E-state index contributed by atoms with van der Waals surface area (Å²) in [7, 11) is 0. The Kier molecular flexibility index (Phi) is 4.52. The van der Waals surface area contributed by atoms with E-state index in [1.54, 1.807) is 25.1 Å². The highest BCUT2D eigenvalue weighted by Crippen LogP contribution is 2.28. The number of nitrogens with zero attached hydrogens (tertiary/aromatic N) is 1. The second-order valence-electron chi connectivity index (χ2n) is 4.05. The number of hydrogen-bond donors (Lipinski definition) is 2. The van der Waals surface area contributed by atoms with E-state index in [9.17, 15) is 9.90 Å². The number of anilines is 1. The van der Waals surface area contributed by atoms with Gasteiger partial charge in [-0.05, 0) is 52.7 Å². The highest BCUT2D eigenvalue weighted by atomic mass is 79.9. The summed E-state index contributed by atoms with van der Waals surface area (Å²) >= 11 is 14.9. The number of halogens is 3. The van der Waals surface area contributed by atoms with Crippen LogP contribution in [0.4, 0.5) is 5.69 Å². The van der Waals surface area contributed by atoms with Crippen molar-refractivity contribution < 1.29 is 9.90 Å². The SMILES string of the molecule is Cc1cc(Cl)nc(Cl)c1NC(=O)c1ccc(Br)c(O)c1. The Hall–Kier alpha value is -1.30. The molecule has 1 aromatic carbocycles. The first-order chi connectivity index (χ1) is 9.38. The molecular weight excluding hydrogens is 367 g/mol. The maximum Gasteiger partial charge on any atom is 0.255 e. The lowest BCUT2D eigenvalue weighted by Crippen LogP contribution is -2.13. The lowest BCUT2D eigenvalue weighted by Gasteiger charge is -2.10. The Balaban J connectivity index is 2.30. The van der Waals surface area contributed by atoms with Gasteiger partial charge in [-0.25, -0.2) is 4.98 Å². The number of carbonyl (C=O) groups excluding carboxylic acids is 1. The van der Waals surface area contributed by atoms with Gasteiger partial charge in [0.05, 0.1) is 10.2 Å². The second kappa shape index (κ2) is 5.99. The van der Waals surface area contributed by atoms with Crippen LogP contribution >= 0.6 is 39.1 Å². The molecule has 0 atom stereocenters. The number of rotatable bonds is 2. The fourth-order valence-electron chi connectivity index (χ4n) is 1.59. The first-order valence-electron chi connectivity index (χ1n) is 5.51. The van der Waals surface area contributed by atoms with Gasteiger partial charge in [0, 0.05) is 5.56 Å². The molecule has 0 saturated heterocycles. The summed E-state index contributed by atoms with van der Waals surface area (Å²) in [6.07, 6.45) is 0. The number of aryl methyl sites for hydroxylation is 1. The van der Waals surface area contributed by atoms with Crippen molar-refractivity contribution >= 4 is 50.7 Å². The predicted octanol–water partition coefficient (Wildman–Crippen LogP) is 4.42. The average Bonchev–Trinajstić information content (AvgIpc) is 2.36. The number of nitrogens with one attached hydrogen (secondary N) is 1. The van der Waals surface area contributed by atoms with Crippen molar-refractivity contribution in [1.29, 1.82) is 0 Å². The molecule has 7 heteroatoms. The minimum Gasteiger partial charge on any atom is -0.507 e. The van der Waals surface area contributed by atoms with Gasteiger partial charge in [0.2, 0.25) is 0 Å². The molecule has 1 aromatic heterocycles. The van der Waals surface area contributed by atoms with Gasteiger partial charge < -0.3 is 10.4 Å². The summed E-state index contributed by atoms with van der Waals surface area (Å²) in [5, 5.41) is 12.6. The first kappa shape index (κ1) is 15.1. The normalized spacial score (nSPS) is 10.4. The molecule has 2 N–H and O–H groups in total. The second-order valence-corrected chi connectivity index (χ2v) is 5.65. The zero-order chi connectivity index (χ0) is 14.9. The molecule has 104 valence electrons. The van der Waals surface area contributed by atoms with E-state index in [-0.39, 0.29) is 16.1 Å². The van der Waals surface area contributed by atoms with Crippen LogP contribution in [-0.4, -0.2) is 16.0 Å². The fraction of sp³-hybridized carbons (Fsp3) is 0.0769. The molecule has 2 rings (SSSR count). The molecule has 0 aliphatic heterocycles. The lowest BCUT2D eigenvalue weighted by atomic mass is 10.2.